The first-order chi connectivity index (χ1) is 8.39. The van der Waals surface area contributed by atoms with Crippen LogP contribution >= 0.6 is 0 Å². The van der Waals surface area contributed by atoms with Gasteiger partial charge in [-0.15, -0.1) is 0 Å². The number of carbonyl (C=O) groups is 1. The van der Waals surface area contributed by atoms with E-state index in [0.717, 1.165) is 0 Å². The van der Waals surface area contributed by atoms with Crippen molar-refractivity contribution in [1.82, 2.24) is 5.32 Å². The maximum atomic E-state index is 11.8. The lowest BCUT2D eigenvalue weighted by atomic mass is 10.0. The molecule has 0 unspecified atom stereocenters. The summed E-state index contributed by atoms with van der Waals surface area (Å²) in [7, 11) is -3.01. The summed E-state index contributed by atoms with van der Waals surface area (Å²) in [5.74, 6) is 0.136. The average molecular weight is 268 g/mol. The Morgan fingerprint density at radius 2 is 1.94 bits per heavy atom. The van der Waals surface area contributed by atoms with Crippen molar-refractivity contribution in [3.8, 4) is 0 Å². The van der Waals surface area contributed by atoms with E-state index in [2.05, 4.69) is 10.6 Å². The summed E-state index contributed by atoms with van der Waals surface area (Å²) in [5, 5.41) is 5.41. The number of anilines is 1. The lowest BCUT2D eigenvalue weighted by Crippen LogP contribution is -2.48. The molecule has 6 heteroatoms. The van der Waals surface area contributed by atoms with Crippen LogP contribution in [0, 0.1) is 0 Å². The zero-order chi connectivity index (χ0) is 13.2. The number of rotatable bonds is 2. The van der Waals surface area contributed by atoms with Gasteiger partial charge in [-0.2, -0.15) is 0 Å². The van der Waals surface area contributed by atoms with Crippen LogP contribution in [0.1, 0.15) is 13.3 Å². The number of urea groups is 1. The monoisotopic (exact) mass is 268 g/mol. The van der Waals surface area contributed by atoms with E-state index in [4.69, 9.17) is 0 Å². The van der Waals surface area contributed by atoms with E-state index in [1.807, 2.05) is 18.2 Å². The van der Waals surface area contributed by atoms with E-state index < -0.39 is 15.4 Å². The van der Waals surface area contributed by atoms with Crippen LogP contribution in [-0.4, -0.2) is 31.5 Å². The summed E-state index contributed by atoms with van der Waals surface area (Å²) in [5.41, 5.74) is 0.0111. The Bertz CT molecular complexity index is 542. The molecule has 2 amide bonds. The van der Waals surface area contributed by atoms with Crippen molar-refractivity contribution in [2.75, 3.05) is 16.8 Å². The molecule has 1 fully saturated rings. The highest BCUT2D eigenvalue weighted by molar-refractivity contribution is 7.91. The smallest absolute Gasteiger partial charge is 0.319 e. The lowest BCUT2D eigenvalue weighted by Gasteiger charge is -2.23. The molecule has 0 bridgehead atoms. The van der Waals surface area contributed by atoms with Gasteiger partial charge in [0, 0.05) is 5.69 Å². The highest BCUT2D eigenvalue weighted by Crippen LogP contribution is 2.22. The van der Waals surface area contributed by atoms with Crippen LogP contribution in [0.4, 0.5) is 10.5 Å². The van der Waals surface area contributed by atoms with Gasteiger partial charge in [-0.05, 0) is 25.5 Å². The van der Waals surface area contributed by atoms with Crippen LogP contribution < -0.4 is 10.6 Å². The van der Waals surface area contributed by atoms with Crippen LogP contribution in [-0.2, 0) is 9.84 Å². The molecule has 1 saturated heterocycles. The predicted molar refractivity (Wildman–Crippen MR) is 70.3 cm³/mol. The largest absolute Gasteiger partial charge is 0.332 e. The topological polar surface area (TPSA) is 75.3 Å². The van der Waals surface area contributed by atoms with E-state index >= 15 is 0 Å². The first-order valence-electron chi connectivity index (χ1n) is 5.73. The van der Waals surface area contributed by atoms with Gasteiger partial charge in [-0.1, -0.05) is 18.2 Å². The van der Waals surface area contributed by atoms with E-state index in [1.54, 1.807) is 19.1 Å². The van der Waals surface area contributed by atoms with E-state index in [9.17, 15) is 13.2 Å². The van der Waals surface area contributed by atoms with Crippen molar-refractivity contribution in [3.05, 3.63) is 30.3 Å². The summed E-state index contributed by atoms with van der Waals surface area (Å²) >= 11 is 0. The Morgan fingerprint density at radius 3 is 2.50 bits per heavy atom. The van der Waals surface area contributed by atoms with Crippen molar-refractivity contribution in [2.24, 2.45) is 0 Å². The molecule has 98 valence electrons. The number of carbonyl (C=O) groups excluding carboxylic acids is 1. The molecule has 5 nitrogen and oxygen atoms in total. The highest BCUT2D eigenvalue weighted by Gasteiger charge is 2.39. The molecule has 0 spiro atoms. The molecule has 2 rings (SSSR count). The first-order valence-corrected chi connectivity index (χ1v) is 7.55. The molecular weight excluding hydrogens is 252 g/mol. The maximum absolute atomic E-state index is 11.8. The molecular formula is C12H16N2O3S. The second-order valence-corrected chi connectivity index (χ2v) is 7.03. The second-order valence-electron chi connectivity index (χ2n) is 4.85. The van der Waals surface area contributed by atoms with Crippen molar-refractivity contribution < 1.29 is 13.2 Å². The fourth-order valence-electron chi connectivity index (χ4n) is 2.07. The minimum absolute atomic E-state index is 0.00219. The Balaban J connectivity index is 1.96. The van der Waals surface area contributed by atoms with Crippen LogP contribution in [0.2, 0.25) is 0 Å². The van der Waals surface area contributed by atoms with Crippen LogP contribution in [0.25, 0.3) is 0 Å². The summed E-state index contributed by atoms with van der Waals surface area (Å²) in [6, 6.07) is 8.66. The highest BCUT2D eigenvalue weighted by atomic mass is 32.2. The fraction of sp³-hybridized carbons (Fsp3) is 0.417. The lowest BCUT2D eigenvalue weighted by molar-refractivity contribution is 0.242. The zero-order valence-electron chi connectivity index (χ0n) is 10.1. The number of sulfone groups is 1. The first kappa shape index (κ1) is 12.9. The molecule has 1 aliphatic rings. The third-order valence-corrected chi connectivity index (χ3v) is 4.85. The van der Waals surface area contributed by atoms with Gasteiger partial charge in [0.05, 0.1) is 17.0 Å². The molecule has 18 heavy (non-hydrogen) atoms. The van der Waals surface area contributed by atoms with Gasteiger partial charge in [0.1, 0.15) is 0 Å². The minimum atomic E-state index is -3.01. The van der Waals surface area contributed by atoms with Crippen LogP contribution in [0.5, 0.6) is 0 Å². The Kier molecular flexibility index (Phi) is 3.30. The van der Waals surface area contributed by atoms with Gasteiger partial charge in [0.25, 0.3) is 0 Å². The Hall–Kier alpha value is -1.56. The average Bonchev–Trinajstić information content (AvgIpc) is 2.53. The van der Waals surface area contributed by atoms with Gasteiger partial charge >= 0.3 is 6.03 Å². The SMILES string of the molecule is C[C@]1(NC(=O)Nc2ccccc2)CCS(=O)(=O)C1. The molecule has 1 atom stereocenters. The Morgan fingerprint density at radius 1 is 1.28 bits per heavy atom. The number of benzene rings is 1. The number of amides is 2. The number of nitrogens with one attached hydrogen (secondary N) is 2. The quantitative estimate of drug-likeness (QED) is 0.851. The molecule has 0 aliphatic carbocycles. The fourth-order valence-corrected chi connectivity index (χ4v) is 4.16. The zero-order valence-corrected chi connectivity index (χ0v) is 11.0. The van der Waals surface area contributed by atoms with Gasteiger partial charge in [-0.3, -0.25) is 0 Å². The molecule has 1 heterocycles. The molecule has 0 saturated carbocycles. The predicted octanol–water partition coefficient (Wildman–Crippen LogP) is 1.39. The summed E-state index contributed by atoms with van der Waals surface area (Å²) < 4.78 is 22.8. The molecule has 0 aromatic heterocycles. The van der Waals surface area contributed by atoms with E-state index in [0.29, 0.717) is 12.1 Å². The van der Waals surface area contributed by atoms with Gasteiger partial charge in [-0.25, -0.2) is 13.2 Å². The molecule has 1 aliphatic heterocycles. The normalized spacial score (nSPS) is 25.6. The molecule has 1 aromatic carbocycles. The van der Waals surface area contributed by atoms with E-state index in [-0.39, 0.29) is 17.5 Å². The number of hydrogen-bond donors (Lipinski definition) is 2. The summed E-state index contributed by atoms with van der Waals surface area (Å²) in [4.78, 5) is 11.8. The van der Waals surface area contributed by atoms with E-state index in [1.165, 1.54) is 0 Å². The minimum Gasteiger partial charge on any atom is -0.332 e. The summed E-state index contributed by atoms with van der Waals surface area (Å²) in [6.45, 7) is 1.75. The van der Waals surface area contributed by atoms with Crippen LogP contribution in [0.15, 0.2) is 30.3 Å². The van der Waals surface area contributed by atoms with Gasteiger partial charge in [0.2, 0.25) is 0 Å². The van der Waals surface area contributed by atoms with Crippen LogP contribution in [0.3, 0.4) is 0 Å². The molecule has 1 aromatic rings. The standard InChI is InChI=1S/C12H16N2O3S/c1-12(7-8-18(16,17)9-12)14-11(15)13-10-5-3-2-4-6-10/h2-6H,7-9H2,1H3,(H2,13,14,15)/t12-/m0/s1. The third kappa shape index (κ3) is 3.22. The second kappa shape index (κ2) is 4.61. The maximum Gasteiger partial charge on any atom is 0.319 e. The number of hydrogen-bond acceptors (Lipinski definition) is 3. The number of para-hydroxylation sites is 1. The molecule has 2 N–H and O–H groups in total. The Labute approximate surface area is 107 Å². The van der Waals surface area contributed by atoms with Crippen molar-refractivity contribution >= 4 is 21.6 Å². The summed E-state index contributed by atoms with van der Waals surface area (Å²) in [6.07, 6.45) is 0.456. The van der Waals surface area contributed by atoms with Gasteiger partial charge in [0.15, 0.2) is 9.84 Å². The third-order valence-electron chi connectivity index (χ3n) is 2.95. The van der Waals surface area contributed by atoms with Crippen molar-refractivity contribution in [1.29, 1.82) is 0 Å². The van der Waals surface area contributed by atoms with Crippen molar-refractivity contribution in [2.45, 2.75) is 18.9 Å². The van der Waals surface area contributed by atoms with Gasteiger partial charge < -0.3 is 10.6 Å². The van der Waals surface area contributed by atoms with Crippen molar-refractivity contribution in [3.63, 3.8) is 0 Å². The molecule has 0 radical (unpaired) electrons.